The first kappa shape index (κ1) is 18.6. The predicted octanol–water partition coefficient (Wildman–Crippen LogP) is 5.08. The Kier molecular flexibility index (Phi) is 6.48. The van der Waals surface area contributed by atoms with E-state index in [1.165, 1.54) is 23.9 Å². The molecular weight excluding hydrogens is 371 g/mol. The van der Waals surface area contributed by atoms with Crippen molar-refractivity contribution in [2.45, 2.75) is 12.7 Å². The summed E-state index contributed by atoms with van der Waals surface area (Å²) in [4.78, 5) is 22.5. The van der Waals surface area contributed by atoms with Gasteiger partial charge in [0.1, 0.15) is 0 Å². The zero-order chi connectivity index (χ0) is 17.7. The van der Waals surface area contributed by atoms with Crippen molar-refractivity contribution < 1.29 is 9.72 Å². The average molecular weight is 385 g/mol. The molecule has 0 heterocycles. The SMILES string of the molecule is Cc1c(NC(=O)CSCc2c(Cl)cccc2Cl)cccc1[N+](=O)[O-]. The number of nitrogens with zero attached hydrogens (tertiary/aromatic N) is 1. The Morgan fingerprint density at radius 1 is 1.21 bits per heavy atom. The summed E-state index contributed by atoms with van der Waals surface area (Å²) in [5, 5.41) is 14.7. The monoisotopic (exact) mass is 384 g/mol. The number of amides is 1. The fourth-order valence-electron chi connectivity index (χ4n) is 2.06. The van der Waals surface area contributed by atoms with Gasteiger partial charge >= 0.3 is 0 Å². The van der Waals surface area contributed by atoms with Crippen LogP contribution in [0.25, 0.3) is 0 Å². The van der Waals surface area contributed by atoms with Gasteiger partial charge in [-0.1, -0.05) is 35.3 Å². The molecule has 0 aromatic heterocycles. The average Bonchev–Trinajstić information content (AvgIpc) is 2.52. The first-order chi connectivity index (χ1) is 11.4. The number of nitro groups is 1. The number of carbonyl (C=O) groups excluding carboxylic acids is 1. The lowest BCUT2D eigenvalue weighted by atomic mass is 10.1. The van der Waals surface area contributed by atoms with E-state index in [1.54, 1.807) is 31.2 Å². The minimum Gasteiger partial charge on any atom is -0.325 e. The third-order valence-corrected chi connectivity index (χ3v) is 4.98. The molecule has 0 saturated carbocycles. The van der Waals surface area contributed by atoms with Crippen LogP contribution in [0.2, 0.25) is 10.0 Å². The number of nitro benzene ring substituents is 1. The molecule has 0 saturated heterocycles. The molecule has 0 radical (unpaired) electrons. The molecule has 0 aliphatic rings. The summed E-state index contributed by atoms with van der Waals surface area (Å²) in [6.07, 6.45) is 0. The van der Waals surface area contributed by atoms with Gasteiger partial charge in [-0.05, 0) is 30.7 Å². The van der Waals surface area contributed by atoms with Crippen molar-refractivity contribution >= 4 is 52.2 Å². The lowest BCUT2D eigenvalue weighted by Gasteiger charge is -2.09. The molecule has 126 valence electrons. The molecule has 1 N–H and O–H groups in total. The van der Waals surface area contributed by atoms with Gasteiger partial charge in [0.2, 0.25) is 5.91 Å². The van der Waals surface area contributed by atoms with Crippen LogP contribution in [0.5, 0.6) is 0 Å². The first-order valence-corrected chi connectivity index (χ1v) is 8.85. The maximum atomic E-state index is 12.0. The quantitative estimate of drug-likeness (QED) is 0.556. The molecule has 0 aliphatic heterocycles. The highest BCUT2D eigenvalue weighted by molar-refractivity contribution is 7.99. The van der Waals surface area contributed by atoms with Crippen molar-refractivity contribution in [1.82, 2.24) is 0 Å². The standard InChI is InChI=1S/C16H14Cl2N2O3S/c1-10-14(6-3-7-15(10)20(22)23)19-16(21)9-24-8-11-12(17)4-2-5-13(11)18/h2-7H,8-9H2,1H3,(H,19,21). The number of anilines is 1. The highest BCUT2D eigenvalue weighted by Crippen LogP contribution is 2.29. The van der Waals surface area contributed by atoms with Gasteiger partial charge in [0.25, 0.3) is 5.69 Å². The van der Waals surface area contributed by atoms with E-state index in [9.17, 15) is 14.9 Å². The molecule has 24 heavy (non-hydrogen) atoms. The fourth-order valence-corrected chi connectivity index (χ4v) is 3.62. The van der Waals surface area contributed by atoms with Gasteiger partial charge in [0, 0.05) is 21.9 Å². The summed E-state index contributed by atoms with van der Waals surface area (Å²) in [6, 6.07) is 9.83. The largest absolute Gasteiger partial charge is 0.325 e. The molecule has 0 fully saturated rings. The molecule has 0 atom stereocenters. The molecule has 0 bridgehead atoms. The zero-order valence-electron chi connectivity index (χ0n) is 12.7. The van der Waals surface area contributed by atoms with E-state index in [4.69, 9.17) is 23.2 Å². The van der Waals surface area contributed by atoms with Crippen LogP contribution in [0.3, 0.4) is 0 Å². The third-order valence-electron chi connectivity index (χ3n) is 3.32. The van der Waals surface area contributed by atoms with Crippen LogP contribution in [0, 0.1) is 17.0 Å². The number of hydrogen-bond acceptors (Lipinski definition) is 4. The molecular formula is C16H14Cl2N2O3S. The van der Waals surface area contributed by atoms with Crippen LogP contribution in [0.15, 0.2) is 36.4 Å². The van der Waals surface area contributed by atoms with Crippen LogP contribution in [-0.4, -0.2) is 16.6 Å². The van der Waals surface area contributed by atoms with Crippen LogP contribution in [0.4, 0.5) is 11.4 Å². The van der Waals surface area contributed by atoms with E-state index in [0.717, 1.165) is 5.56 Å². The second-order valence-corrected chi connectivity index (χ2v) is 6.75. The number of nitrogens with one attached hydrogen (secondary N) is 1. The van der Waals surface area contributed by atoms with E-state index in [-0.39, 0.29) is 17.3 Å². The highest BCUT2D eigenvalue weighted by atomic mass is 35.5. The van der Waals surface area contributed by atoms with E-state index in [1.807, 2.05) is 0 Å². The Hall–Kier alpha value is -1.76. The number of benzene rings is 2. The van der Waals surface area contributed by atoms with E-state index in [0.29, 0.717) is 27.0 Å². The van der Waals surface area contributed by atoms with Gasteiger partial charge in [-0.3, -0.25) is 14.9 Å². The Morgan fingerprint density at radius 2 is 1.83 bits per heavy atom. The van der Waals surface area contributed by atoms with Crippen LogP contribution >= 0.6 is 35.0 Å². The smallest absolute Gasteiger partial charge is 0.274 e. The summed E-state index contributed by atoms with van der Waals surface area (Å²) >= 11 is 13.5. The van der Waals surface area contributed by atoms with Crippen molar-refractivity contribution in [2.24, 2.45) is 0 Å². The van der Waals surface area contributed by atoms with Crippen LogP contribution < -0.4 is 5.32 Å². The molecule has 5 nitrogen and oxygen atoms in total. The Balaban J connectivity index is 1.95. The van der Waals surface area contributed by atoms with Crippen LogP contribution in [-0.2, 0) is 10.5 Å². The molecule has 2 aromatic rings. The number of rotatable bonds is 6. The molecule has 0 unspecified atom stereocenters. The number of hydrogen-bond donors (Lipinski definition) is 1. The first-order valence-electron chi connectivity index (χ1n) is 6.94. The zero-order valence-corrected chi connectivity index (χ0v) is 15.0. The Bertz CT molecular complexity index is 764. The Labute approximate surface area is 153 Å². The Morgan fingerprint density at radius 3 is 2.46 bits per heavy atom. The molecule has 2 rings (SSSR count). The molecule has 0 aliphatic carbocycles. The van der Waals surface area contributed by atoms with Crippen molar-refractivity contribution in [3.63, 3.8) is 0 Å². The predicted molar refractivity (Wildman–Crippen MR) is 99.1 cm³/mol. The minimum absolute atomic E-state index is 0.0247. The van der Waals surface area contributed by atoms with Gasteiger partial charge < -0.3 is 5.32 Å². The van der Waals surface area contributed by atoms with E-state index >= 15 is 0 Å². The van der Waals surface area contributed by atoms with Gasteiger partial charge in [0.05, 0.1) is 21.9 Å². The number of carbonyl (C=O) groups is 1. The van der Waals surface area contributed by atoms with Crippen molar-refractivity contribution in [2.75, 3.05) is 11.1 Å². The summed E-state index contributed by atoms with van der Waals surface area (Å²) in [5.74, 6) is 0.440. The van der Waals surface area contributed by atoms with Crippen LogP contribution in [0.1, 0.15) is 11.1 Å². The summed E-state index contributed by atoms with van der Waals surface area (Å²) in [7, 11) is 0. The van der Waals surface area contributed by atoms with Gasteiger partial charge in [-0.15, -0.1) is 11.8 Å². The van der Waals surface area contributed by atoms with Crippen molar-refractivity contribution in [3.05, 3.63) is 67.7 Å². The topological polar surface area (TPSA) is 72.2 Å². The summed E-state index contributed by atoms with van der Waals surface area (Å²) < 4.78 is 0. The molecule has 0 spiro atoms. The highest BCUT2D eigenvalue weighted by Gasteiger charge is 2.15. The van der Waals surface area contributed by atoms with Gasteiger partial charge in [-0.25, -0.2) is 0 Å². The number of thioether (sulfide) groups is 1. The number of halogens is 2. The third kappa shape index (κ3) is 4.63. The maximum absolute atomic E-state index is 12.0. The molecule has 1 amide bonds. The van der Waals surface area contributed by atoms with Gasteiger partial charge in [-0.2, -0.15) is 0 Å². The summed E-state index contributed by atoms with van der Waals surface area (Å²) in [6.45, 7) is 1.60. The van der Waals surface area contributed by atoms with Crippen molar-refractivity contribution in [1.29, 1.82) is 0 Å². The molecule has 2 aromatic carbocycles. The maximum Gasteiger partial charge on any atom is 0.274 e. The lowest BCUT2D eigenvalue weighted by molar-refractivity contribution is -0.385. The summed E-state index contributed by atoms with van der Waals surface area (Å²) in [5.41, 5.74) is 1.62. The van der Waals surface area contributed by atoms with Crippen molar-refractivity contribution in [3.8, 4) is 0 Å². The van der Waals surface area contributed by atoms with E-state index < -0.39 is 4.92 Å². The lowest BCUT2D eigenvalue weighted by Crippen LogP contribution is -2.15. The fraction of sp³-hybridized carbons (Fsp3) is 0.188. The van der Waals surface area contributed by atoms with Gasteiger partial charge in [0.15, 0.2) is 0 Å². The minimum atomic E-state index is -0.473. The van der Waals surface area contributed by atoms with E-state index in [2.05, 4.69) is 5.32 Å². The second-order valence-electron chi connectivity index (χ2n) is 4.95. The second kappa shape index (κ2) is 8.37. The molecule has 8 heteroatoms. The normalized spacial score (nSPS) is 10.5.